The van der Waals surface area contributed by atoms with E-state index in [-0.39, 0.29) is 23.5 Å². The molecule has 0 bridgehead atoms. The van der Waals surface area contributed by atoms with Gasteiger partial charge >= 0.3 is 0 Å². The smallest absolute Gasteiger partial charge is 0.279 e. The largest absolute Gasteiger partial charge is 0.369 e. The second-order valence-electron chi connectivity index (χ2n) is 6.89. The summed E-state index contributed by atoms with van der Waals surface area (Å²) in [7, 11) is 0. The van der Waals surface area contributed by atoms with Crippen LogP contribution in [0, 0.1) is 5.92 Å². The fourth-order valence-corrected chi connectivity index (χ4v) is 3.44. The molecule has 0 aromatic heterocycles. The average molecular weight is 366 g/mol. The zero-order chi connectivity index (χ0) is 19.2. The number of nitrogens with one attached hydrogen (secondary N) is 2. The van der Waals surface area contributed by atoms with Gasteiger partial charge in [-0.25, -0.2) is 0 Å². The molecule has 6 nitrogen and oxygen atoms in total. The number of carbonyl (C=O) groups excluding carboxylic acids is 3. The van der Waals surface area contributed by atoms with Crippen molar-refractivity contribution in [2.75, 3.05) is 25.0 Å². The van der Waals surface area contributed by atoms with Gasteiger partial charge in [0, 0.05) is 29.9 Å². The molecule has 0 unspecified atom stereocenters. The molecule has 0 spiro atoms. The lowest BCUT2D eigenvalue weighted by Crippen LogP contribution is -3.14. The van der Waals surface area contributed by atoms with E-state index in [0.29, 0.717) is 36.2 Å². The highest BCUT2D eigenvalue weighted by atomic mass is 16.2. The van der Waals surface area contributed by atoms with Gasteiger partial charge in [0.25, 0.3) is 5.91 Å². The van der Waals surface area contributed by atoms with Crippen LogP contribution in [0.2, 0.25) is 0 Å². The highest BCUT2D eigenvalue weighted by Gasteiger charge is 2.27. The number of nitrogens with two attached hydrogens (primary N) is 1. The number of rotatable bonds is 6. The van der Waals surface area contributed by atoms with Gasteiger partial charge in [0.15, 0.2) is 12.3 Å². The summed E-state index contributed by atoms with van der Waals surface area (Å²) in [6, 6.07) is 16.0. The molecule has 2 amide bonds. The Morgan fingerprint density at radius 3 is 2.26 bits per heavy atom. The number of para-hydroxylation sites is 1. The molecule has 140 valence electrons. The van der Waals surface area contributed by atoms with E-state index in [4.69, 9.17) is 5.73 Å². The van der Waals surface area contributed by atoms with Crippen LogP contribution in [-0.4, -0.2) is 37.2 Å². The summed E-state index contributed by atoms with van der Waals surface area (Å²) in [5, 5.41) is 2.87. The maximum absolute atomic E-state index is 12.7. The predicted octanol–water partition coefficient (Wildman–Crippen LogP) is 0.636. The molecule has 1 aliphatic rings. The van der Waals surface area contributed by atoms with Gasteiger partial charge in [-0.1, -0.05) is 42.5 Å². The van der Waals surface area contributed by atoms with Crippen LogP contribution in [0.25, 0.3) is 0 Å². The number of amides is 2. The van der Waals surface area contributed by atoms with Gasteiger partial charge in [0.2, 0.25) is 5.91 Å². The second kappa shape index (κ2) is 8.60. The first-order valence-electron chi connectivity index (χ1n) is 9.16. The Labute approximate surface area is 158 Å². The van der Waals surface area contributed by atoms with E-state index in [1.165, 1.54) is 0 Å². The first-order chi connectivity index (χ1) is 13.0. The van der Waals surface area contributed by atoms with Crippen molar-refractivity contribution in [2.45, 2.75) is 12.8 Å². The quantitative estimate of drug-likeness (QED) is 0.655. The van der Waals surface area contributed by atoms with Crippen LogP contribution in [0.5, 0.6) is 0 Å². The van der Waals surface area contributed by atoms with E-state index in [1.54, 1.807) is 36.4 Å². The summed E-state index contributed by atoms with van der Waals surface area (Å²) in [5.74, 6) is -0.607. The number of primary amides is 1. The Morgan fingerprint density at radius 2 is 1.59 bits per heavy atom. The molecule has 1 saturated heterocycles. The van der Waals surface area contributed by atoms with Gasteiger partial charge in [0.05, 0.1) is 18.8 Å². The minimum absolute atomic E-state index is 0.0824. The third-order valence-corrected chi connectivity index (χ3v) is 4.99. The Hall–Kier alpha value is -2.99. The van der Waals surface area contributed by atoms with Gasteiger partial charge in [-0.05, 0) is 12.1 Å². The van der Waals surface area contributed by atoms with E-state index in [9.17, 15) is 14.4 Å². The number of carbonyl (C=O) groups is 3. The average Bonchev–Trinajstić information content (AvgIpc) is 2.69. The van der Waals surface area contributed by atoms with Crippen LogP contribution >= 0.6 is 0 Å². The zero-order valence-corrected chi connectivity index (χ0v) is 15.1. The van der Waals surface area contributed by atoms with Crippen LogP contribution in [0.4, 0.5) is 5.69 Å². The van der Waals surface area contributed by atoms with Gasteiger partial charge in [0.1, 0.15) is 0 Å². The van der Waals surface area contributed by atoms with E-state index in [2.05, 4.69) is 5.32 Å². The minimum Gasteiger partial charge on any atom is -0.369 e. The molecule has 4 N–H and O–H groups in total. The number of likely N-dealkylation sites (tertiary alicyclic amines) is 1. The van der Waals surface area contributed by atoms with Gasteiger partial charge in [-0.3, -0.25) is 14.4 Å². The third-order valence-electron chi connectivity index (χ3n) is 4.99. The topological polar surface area (TPSA) is 93.7 Å². The van der Waals surface area contributed by atoms with Crippen LogP contribution in [0.15, 0.2) is 54.6 Å². The fourth-order valence-electron chi connectivity index (χ4n) is 3.44. The predicted molar refractivity (Wildman–Crippen MR) is 102 cm³/mol. The number of piperidine rings is 1. The SMILES string of the molecule is NC(=O)C1CC[NH+](CC(=O)Nc2ccccc2C(=O)c2ccccc2)CC1. The summed E-state index contributed by atoms with van der Waals surface area (Å²) in [4.78, 5) is 37.6. The number of anilines is 1. The van der Waals surface area contributed by atoms with Crippen molar-refractivity contribution in [3.05, 3.63) is 65.7 Å². The van der Waals surface area contributed by atoms with Gasteiger partial charge in [-0.2, -0.15) is 0 Å². The van der Waals surface area contributed by atoms with Crippen molar-refractivity contribution in [2.24, 2.45) is 11.7 Å². The molecule has 2 aromatic carbocycles. The lowest BCUT2D eigenvalue weighted by atomic mass is 9.96. The van der Waals surface area contributed by atoms with Crippen LogP contribution in [0.3, 0.4) is 0 Å². The Balaban J connectivity index is 1.64. The number of ketones is 1. The van der Waals surface area contributed by atoms with Crippen molar-refractivity contribution in [1.29, 1.82) is 0 Å². The zero-order valence-electron chi connectivity index (χ0n) is 15.1. The maximum atomic E-state index is 12.7. The Kier molecular flexibility index (Phi) is 5.98. The summed E-state index contributed by atoms with van der Waals surface area (Å²) < 4.78 is 0. The summed E-state index contributed by atoms with van der Waals surface area (Å²) >= 11 is 0. The molecule has 0 atom stereocenters. The molecule has 27 heavy (non-hydrogen) atoms. The lowest BCUT2D eigenvalue weighted by molar-refractivity contribution is -0.897. The molecule has 1 aliphatic heterocycles. The molecule has 0 saturated carbocycles. The lowest BCUT2D eigenvalue weighted by Gasteiger charge is -2.27. The molecule has 1 heterocycles. The first kappa shape index (κ1) is 18.8. The second-order valence-corrected chi connectivity index (χ2v) is 6.89. The van der Waals surface area contributed by atoms with Crippen LogP contribution in [0.1, 0.15) is 28.8 Å². The van der Waals surface area contributed by atoms with E-state index in [0.717, 1.165) is 18.0 Å². The van der Waals surface area contributed by atoms with Crippen LogP contribution < -0.4 is 16.0 Å². The van der Waals surface area contributed by atoms with Gasteiger partial charge in [-0.15, -0.1) is 0 Å². The number of benzene rings is 2. The molecule has 2 aromatic rings. The van der Waals surface area contributed by atoms with Crippen molar-refractivity contribution in [3.63, 3.8) is 0 Å². The third kappa shape index (κ3) is 4.80. The molecular formula is C21H24N3O3+. The number of quaternary nitrogens is 1. The van der Waals surface area contributed by atoms with Gasteiger partial charge < -0.3 is 16.0 Å². The van der Waals surface area contributed by atoms with E-state index >= 15 is 0 Å². The van der Waals surface area contributed by atoms with Crippen molar-refractivity contribution in [1.82, 2.24) is 0 Å². The standard InChI is InChI=1S/C21H23N3O3/c22-21(27)16-10-12-24(13-11-16)14-19(25)23-18-9-5-4-8-17(18)20(26)15-6-2-1-3-7-15/h1-9,16H,10-14H2,(H2,22,27)(H,23,25)/p+1. The van der Waals surface area contributed by atoms with Crippen LogP contribution in [-0.2, 0) is 9.59 Å². The monoisotopic (exact) mass is 366 g/mol. The van der Waals surface area contributed by atoms with E-state index < -0.39 is 0 Å². The first-order valence-corrected chi connectivity index (χ1v) is 9.16. The molecule has 6 heteroatoms. The van der Waals surface area contributed by atoms with Crippen molar-refractivity contribution < 1.29 is 19.3 Å². The highest BCUT2D eigenvalue weighted by Crippen LogP contribution is 2.19. The van der Waals surface area contributed by atoms with E-state index in [1.807, 2.05) is 18.2 Å². The fraction of sp³-hybridized carbons (Fsp3) is 0.286. The molecule has 1 fully saturated rings. The maximum Gasteiger partial charge on any atom is 0.279 e. The molecule has 0 aliphatic carbocycles. The summed E-state index contributed by atoms with van der Waals surface area (Å²) in [6.45, 7) is 1.79. The minimum atomic E-state index is -0.258. The normalized spacial score (nSPS) is 19.3. The Morgan fingerprint density at radius 1 is 0.963 bits per heavy atom. The number of hydrogen-bond donors (Lipinski definition) is 3. The molecule has 0 radical (unpaired) electrons. The molecular weight excluding hydrogens is 342 g/mol. The highest BCUT2D eigenvalue weighted by molar-refractivity contribution is 6.13. The van der Waals surface area contributed by atoms with Crippen molar-refractivity contribution >= 4 is 23.3 Å². The summed E-state index contributed by atoms with van der Waals surface area (Å²) in [6.07, 6.45) is 1.42. The molecule has 3 rings (SSSR count). The number of hydrogen-bond acceptors (Lipinski definition) is 3. The van der Waals surface area contributed by atoms with Crippen molar-refractivity contribution in [3.8, 4) is 0 Å². The Bertz CT molecular complexity index is 828. The summed E-state index contributed by atoms with van der Waals surface area (Å²) in [5.41, 5.74) is 6.92.